The van der Waals surface area contributed by atoms with Crippen LogP contribution in [0.15, 0.2) is 11.6 Å². The van der Waals surface area contributed by atoms with Crippen LogP contribution in [0.4, 0.5) is 0 Å². The Labute approximate surface area is 98.1 Å². The first-order valence-corrected chi connectivity index (χ1v) is 5.28. The Morgan fingerprint density at radius 2 is 2.00 bits per heavy atom. The van der Waals surface area contributed by atoms with E-state index in [-0.39, 0.29) is 12.0 Å². The number of carboxylic acids is 1. The topological polar surface area (TPSA) is 82.1 Å². The molecule has 1 spiro atoms. The van der Waals surface area contributed by atoms with Crippen molar-refractivity contribution in [2.24, 2.45) is 5.41 Å². The summed E-state index contributed by atoms with van der Waals surface area (Å²) in [7, 11) is 1.22. The average Bonchev–Trinajstić information content (AvgIpc) is 2.87. The maximum atomic E-state index is 11.9. The molecule has 0 aromatic rings. The second-order valence-electron chi connectivity index (χ2n) is 4.19. The van der Waals surface area contributed by atoms with Crippen LogP contribution < -0.4 is 0 Å². The van der Waals surface area contributed by atoms with Gasteiger partial charge in [0.05, 0.1) is 25.9 Å². The van der Waals surface area contributed by atoms with E-state index >= 15 is 0 Å². The van der Waals surface area contributed by atoms with E-state index in [9.17, 15) is 9.59 Å². The van der Waals surface area contributed by atoms with Gasteiger partial charge in [0.2, 0.25) is 0 Å². The average molecular weight is 242 g/mol. The molecule has 1 aliphatic carbocycles. The highest BCUT2D eigenvalue weighted by Gasteiger charge is 2.64. The lowest BCUT2D eigenvalue weighted by Gasteiger charge is -2.37. The minimum absolute atomic E-state index is 0.0359. The van der Waals surface area contributed by atoms with Crippen molar-refractivity contribution in [2.45, 2.75) is 19.1 Å². The molecule has 0 saturated carbocycles. The molecule has 2 aliphatic rings. The van der Waals surface area contributed by atoms with Crippen LogP contribution in [0.5, 0.6) is 0 Å². The number of hydrogen-bond donors (Lipinski definition) is 1. The van der Waals surface area contributed by atoms with Gasteiger partial charge in [0.15, 0.2) is 11.2 Å². The fourth-order valence-corrected chi connectivity index (χ4v) is 2.48. The van der Waals surface area contributed by atoms with Crippen LogP contribution in [-0.4, -0.2) is 43.2 Å². The summed E-state index contributed by atoms with van der Waals surface area (Å²) in [6, 6.07) is 0. The number of rotatable bonds is 2. The largest absolute Gasteiger partial charge is 0.478 e. The minimum Gasteiger partial charge on any atom is -0.478 e. The summed E-state index contributed by atoms with van der Waals surface area (Å²) in [5.74, 6) is -3.05. The SMILES string of the molecule is COC(=O)C1(C)C(C(=O)O)=CCC12OCCO2. The Hall–Kier alpha value is -1.40. The van der Waals surface area contributed by atoms with Crippen molar-refractivity contribution in [3.8, 4) is 0 Å². The zero-order valence-corrected chi connectivity index (χ0v) is 9.69. The molecule has 0 radical (unpaired) electrons. The highest BCUT2D eigenvalue weighted by Crippen LogP contribution is 2.52. The van der Waals surface area contributed by atoms with Gasteiger partial charge in [0, 0.05) is 6.42 Å². The molecule has 1 unspecified atom stereocenters. The molecule has 1 saturated heterocycles. The molecular weight excluding hydrogens is 228 g/mol. The second-order valence-corrected chi connectivity index (χ2v) is 4.19. The predicted molar refractivity (Wildman–Crippen MR) is 55.1 cm³/mol. The maximum absolute atomic E-state index is 11.9. The number of carbonyl (C=O) groups excluding carboxylic acids is 1. The highest BCUT2D eigenvalue weighted by atomic mass is 16.7. The van der Waals surface area contributed by atoms with Crippen LogP contribution in [0.3, 0.4) is 0 Å². The third kappa shape index (κ3) is 1.41. The van der Waals surface area contributed by atoms with E-state index in [1.54, 1.807) is 0 Å². The molecule has 6 heteroatoms. The normalized spacial score (nSPS) is 30.4. The summed E-state index contributed by atoms with van der Waals surface area (Å²) in [5.41, 5.74) is -1.46. The summed E-state index contributed by atoms with van der Waals surface area (Å²) in [6.07, 6.45) is 1.70. The summed E-state index contributed by atoms with van der Waals surface area (Å²) in [5, 5.41) is 9.15. The molecule has 0 aromatic heterocycles. The zero-order valence-electron chi connectivity index (χ0n) is 9.69. The maximum Gasteiger partial charge on any atom is 0.332 e. The van der Waals surface area contributed by atoms with E-state index in [0.29, 0.717) is 13.2 Å². The fourth-order valence-electron chi connectivity index (χ4n) is 2.48. The third-order valence-electron chi connectivity index (χ3n) is 3.45. The number of ether oxygens (including phenoxy) is 3. The van der Waals surface area contributed by atoms with Gasteiger partial charge in [-0.15, -0.1) is 0 Å². The Morgan fingerprint density at radius 1 is 1.41 bits per heavy atom. The van der Waals surface area contributed by atoms with Crippen molar-refractivity contribution >= 4 is 11.9 Å². The number of esters is 1. The quantitative estimate of drug-likeness (QED) is 0.702. The molecule has 94 valence electrons. The summed E-state index contributed by atoms with van der Waals surface area (Å²) >= 11 is 0. The summed E-state index contributed by atoms with van der Waals surface area (Å²) in [6.45, 7) is 2.16. The highest BCUT2D eigenvalue weighted by molar-refractivity contribution is 5.98. The molecule has 1 fully saturated rings. The predicted octanol–water partition coefficient (Wildman–Crippen LogP) is 0.323. The van der Waals surface area contributed by atoms with Gasteiger partial charge >= 0.3 is 11.9 Å². The van der Waals surface area contributed by atoms with Crippen molar-refractivity contribution in [1.82, 2.24) is 0 Å². The number of hydrogen-bond acceptors (Lipinski definition) is 5. The van der Waals surface area contributed by atoms with Crippen molar-refractivity contribution in [3.63, 3.8) is 0 Å². The molecule has 1 N–H and O–H groups in total. The molecular formula is C11H14O6. The van der Waals surface area contributed by atoms with E-state index in [1.165, 1.54) is 20.1 Å². The van der Waals surface area contributed by atoms with Crippen LogP contribution >= 0.6 is 0 Å². The lowest BCUT2D eigenvalue weighted by Crippen LogP contribution is -2.52. The molecule has 0 amide bonds. The first-order chi connectivity index (χ1) is 7.98. The molecule has 0 bridgehead atoms. The minimum atomic E-state index is -1.43. The van der Waals surface area contributed by atoms with Crippen LogP contribution in [-0.2, 0) is 23.8 Å². The van der Waals surface area contributed by atoms with Gasteiger partial charge in [-0.2, -0.15) is 0 Å². The summed E-state index contributed by atoms with van der Waals surface area (Å²) < 4.78 is 15.7. The van der Waals surface area contributed by atoms with Crippen molar-refractivity contribution in [1.29, 1.82) is 0 Å². The van der Waals surface area contributed by atoms with Crippen LogP contribution in [0.1, 0.15) is 13.3 Å². The standard InChI is InChI=1S/C11H14O6/c1-10(9(14)15-2)7(8(12)13)3-4-11(10)16-5-6-17-11/h3H,4-6H2,1-2H3,(H,12,13). The van der Waals surface area contributed by atoms with E-state index in [2.05, 4.69) is 0 Å². The molecule has 17 heavy (non-hydrogen) atoms. The first-order valence-electron chi connectivity index (χ1n) is 5.28. The van der Waals surface area contributed by atoms with E-state index in [4.69, 9.17) is 19.3 Å². The van der Waals surface area contributed by atoms with Crippen molar-refractivity contribution < 1.29 is 28.9 Å². The molecule has 1 atom stereocenters. The lowest BCUT2D eigenvalue weighted by atomic mass is 9.78. The van der Waals surface area contributed by atoms with Crippen LogP contribution in [0, 0.1) is 5.41 Å². The van der Waals surface area contributed by atoms with Crippen molar-refractivity contribution in [3.05, 3.63) is 11.6 Å². The van der Waals surface area contributed by atoms with Gasteiger partial charge in [0.1, 0.15) is 0 Å². The summed E-state index contributed by atoms with van der Waals surface area (Å²) in [4.78, 5) is 23.1. The van der Waals surface area contributed by atoms with Crippen LogP contribution in [0.25, 0.3) is 0 Å². The van der Waals surface area contributed by atoms with Crippen molar-refractivity contribution in [2.75, 3.05) is 20.3 Å². The first kappa shape index (κ1) is 12.1. The van der Waals surface area contributed by atoms with Crippen LogP contribution in [0.2, 0.25) is 0 Å². The molecule has 2 rings (SSSR count). The van der Waals surface area contributed by atoms with Gasteiger partial charge in [-0.05, 0) is 6.92 Å². The number of aliphatic carboxylic acids is 1. The molecule has 1 heterocycles. The Balaban J connectivity index is 2.47. The second kappa shape index (κ2) is 3.82. The number of carbonyl (C=O) groups is 2. The Bertz CT molecular complexity index is 393. The smallest absolute Gasteiger partial charge is 0.332 e. The van der Waals surface area contributed by atoms with Gasteiger partial charge in [0.25, 0.3) is 0 Å². The van der Waals surface area contributed by atoms with E-state index < -0.39 is 23.1 Å². The van der Waals surface area contributed by atoms with Gasteiger partial charge < -0.3 is 19.3 Å². The van der Waals surface area contributed by atoms with Gasteiger partial charge in [-0.1, -0.05) is 6.08 Å². The van der Waals surface area contributed by atoms with E-state index in [0.717, 1.165) is 0 Å². The third-order valence-corrected chi connectivity index (χ3v) is 3.45. The Morgan fingerprint density at radius 3 is 2.47 bits per heavy atom. The number of methoxy groups -OCH3 is 1. The monoisotopic (exact) mass is 242 g/mol. The lowest BCUT2D eigenvalue weighted by molar-refractivity contribution is -0.222. The zero-order chi connectivity index (χ0) is 12.7. The number of carboxylic acid groups (broad SMARTS) is 1. The van der Waals surface area contributed by atoms with Gasteiger partial charge in [-0.25, -0.2) is 4.79 Å². The fraction of sp³-hybridized carbons (Fsp3) is 0.636. The molecule has 1 aliphatic heterocycles. The van der Waals surface area contributed by atoms with Gasteiger partial charge in [-0.3, -0.25) is 4.79 Å². The molecule has 6 nitrogen and oxygen atoms in total. The molecule has 0 aromatic carbocycles. The van der Waals surface area contributed by atoms with E-state index in [1.807, 2.05) is 0 Å². The Kier molecular flexibility index (Phi) is 2.71.